The van der Waals surface area contributed by atoms with E-state index in [1.54, 1.807) is 12.1 Å². The first-order valence-electron chi connectivity index (χ1n) is 13.7. The number of hydrogen-bond acceptors (Lipinski definition) is 5. The van der Waals surface area contributed by atoms with Crippen molar-refractivity contribution in [3.8, 4) is 22.9 Å². The molecule has 4 aromatic rings. The molecule has 3 aliphatic heterocycles. The number of benzene rings is 4. The first kappa shape index (κ1) is 24.6. The zero-order valence-electron chi connectivity index (χ0n) is 22.2. The average molecular weight is 529 g/mol. The molecule has 2 bridgehead atoms. The molecule has 0 aromatic heterocycles. The second-order valence-electron chi connectivity index (χ2n) is 11.2. The van der Waals surface area contributed by atoms with Crippen LogP contribution in [0.1, 0.15) is 31.7 Å². The number of amides is 2. The van der Waals surface area contributed by atoms with Crippen molar-refractivity contribution in [2.45, 2.75) is 37.4 Å². The fourth-order valence-electron chi connectivity index (χ4n) is 7.16. The molecule has 6 heteroatoms. The molecule has 2 amide bonds. The van der Waals surface area contributed by atoms with Crippen LogP contribution < -0.4 is 9.64 Å². The third-order valence-electron chi connectivity index (χ3n) is 9.01. The van der Waals surface area contributed by atoms with Crippen LogP contribution in [0.5, 0.6) is 5.75 Å². The zero-order valence-corrected chi connectivity index (χ0v) is 22.2. The van der Waals surface area contributed by atoms with Gasteiger partial charge >= 0.3 is 0 Å². The van der Waals surface area contributed by atoms with E-state index in [1.807, 2.05) is 67.6 Å². The second kappa shape index (κ2) is 9.04. The Morgan fingerprint density at radius 3 is 2.40 bits per heavy atom. The van der Waals surface area contributed by atoms with Crippen LogP contribution in [0.3, 0.4) is 0 Å². The van der Waals surface area contributed by atoms with Gasteiger partial charge in [0, 0.05) is 17.2 Å². The van der Waals surface area contributed by atoms with Crippen LogP contribution >= 0.6 is 0 Å². The van der Waals surface area contributed by atoms with Gasteiger partial charge in [-0.25, -0.2) is 4.90 Å². The number of ether oxygens (including phenoxy) is 2. The molecule has 3 heterocycles. The maximum atomic E-state index is 14.1. The zero-order chi connectivity index (χ0) is 27.5. The fraction of sp³-hybridized carbons (Fsp3) is 0.265. The van der Waals surface area contributed by atoms with Gasteiger partial charge in [-0.1, -0.05) is 66.7 Å². The van der Waals surface area contributed by atoms with Gasteiger partial charge in [-0.2, -0.15) is 5.26 Å². The molecule has 0 radical (unpaired) electrons. The highest BCUT2D eigenvalue weighted by atomic mass is 16.5. The Bertz CT molecular complexity index is 1710. The van der Waals surface area contributed by atoms with Crippen LogP contribution in [0.2, 0.25) is 0 Å². The summed E-state index contributed by atoms with van der Waals surface area (Å²) in [5.41, 5.74) is 1.79. The molecule has 0 spiro atoms. The molecule has 0 saturated carbocycles. The summed E-state index contributed by atoms with van der Waals surface area (Å²) < 4.78 is 12.8. The molecule has 0 aliphatic carbocycles. The van der Waals surface area contributed by atoms with Gasteiger partial charge < -0.3 is 9.47 Å². The third-order valence-corrected chi connectivity index (χ3v) is 9.01. The molecular formula is C34H28N2O4. The van der Waals surface area contributed by atoms with Crippen LogP contribution in [0.4, 0.5) is 5.69 Å². The minimum Gasteiger partial charge on any atom is -0.493 e. The summed E-state index contributed by atoms with van der Waals surface area (Å²) in [6.07, 6.45) is 1.94. The van der Waals surface area contributed by atoms with Crippen molar-refractivity contribution in [2.24, 2.45) is 11.8 Å². The molecule has 4 aromatic carbocycles. The van der Waals surface area contributed by atoms with E-state index in [9.17, 15) is 14.9 Å². The lowest BCUT2D eigenvalue weighted by molar-refractivity contribution is -0.131. The van der Waals surface area contributed by atoms with E-state index in [-0.39, 0.29) is 11.8 Å². The van der Waals surface area contributed by atoms with Crippen LogP contribution in [-0.4, -0.2) is 29.6 Å². The smallest absolute Gasteiger partial charge is 0.240 e. The van der Waals surface area contributed by atoms with Gasteiger partial charge in [0.05, 0.1) is 47.0 Å². The standard InChI is InChI=1S/C34H28N2O4/c1-33-16-17-34(40-33,18-19-39-25-11-7-10-23(20-25)22-8-3-2-4-9-22)30-29(33)31(37)36(32(30)38)28-15-14-24(21-35)26-12-5-6-13-27(26)28/h2-15,20,29-30H,16-19H2,1H3/t29-,30+,33-,34-/m0/s1. The molecular weight excluding hydrogens is 500 g/mol. The first-order chi connectivity index (χ1) is 19.4. The summed E-state index contributed by atoms with van der Waals surface area (Å²) in [5, 5.41) is 11.0. The van der Waals surface area contributed by atoms with Crippen molar-refractivity contribution in [2.75, 3.05) is 11.5 Å². The molecule has 198 valence electrons. The van der Waals surface area contributed by atoms with Gasteiger partial charge in [-0.3, -0.25) is 9.59 Å². The number of fused-ring (bicyclic) bond motifs is 6. The number of nitrogens with zero attached hydrogens (tertiary/aromatic N) is 2. The van der Waals surface area contributed by atoms with Gasteiger partial charge in [0.25, 0.3) is 0 Å². The van der Waals surface area contributed by atoms with Gasteiger partial charge in [0.15, 0.2) is 0 Å². The van der Waals surface area contributed by atoms with E-state index >= 15 is 0 Å². The number of imide groups is 1. The number of carbonyl (C=O) groups excluding carboxylic acids is 2. The average Bonchev–Trinajstić information content (AvgIpc) is 3.57. The Morgan fingerprint density at radius 2 is 1.60 bits per heavy atom. The van der Waals surface area contributed by atoms with Crippen LogP contribution in [0.15, 0.2) is 91.0 Å². The summed E-state index contributed by atoms with van der Waals surface area (Å²) in [6, 6.07) is 31.2. The van der Waals surface area contributed by atoms with Crippen molar-refractivity contribution in [1.82, 2.24) is 0 Å². The molecule has 40 heavy (non-hydrogen) atoms. The molecule has 4 atom stereocenters. The Labute approximate surface area is 232 Å². The van der Waals surface area contributed by atoms with E-state index in [1.165, 1.54) is 4.90 Å². The first-order valence-corrected chi connectivity index (χ1v) is 13.7. The summed E-state index contributed by atoms with van der Waals surface area (Å²) in [5.74, 6) is -0.783. The van der Waals surface area contributed by atoms with Crippen molar-refractivity contribution < 1.29 is 19.1 Å². The highest BCUT2D eigenvalue weighted by Crippen LogP contribution is 2.62. The predicted octanol–water partition coefficient (Wildman–Crippen LogP) is 6.27. The second-order valence-corrected chi connectivity index (χ2v) is 11.2. The number of rotatable bonds is 6. The van der Waals surface area contributed by atoms with Crippen molar-refractivity contribution in [3.05, 3.63) is 96.6 Å². The Hall–Kier alpha value is -4.47. The molecule has 0 unspecified atom stereocenters. The third kappa shape index (κ3) is 3.58. The molecule has 0 N–H and O–H groups in total. The highest BCUT2D eigenvalue weighted by molar-refractivity contribution is 6.26. The molecule has 3 aliphatic rings. The van der Waals surface area contributed by atoms with Gasteiger partial charge in [0.1, 0.15) is 5.75 Å². The van der Waals surface area contributed by atoms with E-state index < -0.39 is 23.0 Å². The summed E-state index contributed by atoms with van der Waals surface area (Å²) in [7, 11) is 0. The summed E-state index contributed by atoms with van der Waals surface area (Å²) in [6.45, 7) is 2.34. The Kier molecular flexibility index (Phi) is 5.55. The fourth-order valence-corrected chi connectivity index (χ4v) is 7.16. The van der Waals surface area contributed by atoms with Gasteiger partial charge in [-0.15, -0.1) is 0 Å². The van der Waals surface area contributed by atoms with Crippen molar-refractivity contribution >= 4 is 28.3 Å². The van der Waals surface area contributed by atoms with E-state index in [2.05, 4.69) is 24.3 Å². The minimum absolute atomic E-state index is 0.217. The lowest BCUT2D eigenvalue weighted by Gasteiger charge is -2.31. The summed E-state index contributed by atoms with van der Waals surface area (Å²) in [4.78, 5) is 29.4. The number of anilines is 1. The lowest BCUT2D eigenvalue weighted by atomic mass is 9.67. The predicted molar refractivity (Wildman–Crippen MR) is 152 cm³/mol. The molecule has 3 fully saturated rings. The molecule has 7 rings (SSSR count). The lowest BCUT2D eigenvalue weighted by Crippen LogP contribution is -2.43. The number of nitriles is 1. The summed E-state index contributed by atoms with van der Waals surface area (Å²) >= 11 is 0. The topological polar surface area (TPSA) is 79.6 Å². The van der Waals surface area contributed by atoms with E-state index in [4.69, 9.17) is 9.47 Å². The van der Waals surface area contributed by atoms with Crippen molar-refractivity contribution in [1.29, 1.82) is 5.26 Å². The van der Waals surface area contributed by atoms with Gasteiger partial charge in [0.2, 0.25) is 11.8 Å². The SMILES string of the molecule is C[C@@]12CC[C@@](CCOc3cccc(-c4ccccc4)c3)(O1)[C@H]1C(=O)N(c3ccc(C#N)c4ccccc34)C(=O)[C@H]12. The highest BCUT2D eigenvalue weighted by Gasteiger charge is 2.73. The monoisotopic (exact) mass is 528 g/mol. The number of carbonyl (C=O) groups is 2. The normalized spacial score (nSPS) is 26.8. The maximum absolute atomic E-state index is 14.1. The van der Waals surface area contributed by atoms with Crippen LogP contribution in [0, 0.1) is 23.2 Å². The molecule has 3 saturated heterocycles. The Morgan fingerprint density at radius 1 is 0.875 bits per heavy atom. The van der Waals surface area contributed by atoms with Gasteiger partial charge in [-0.05, 0) is 55.2 Å². The van der Waals surface area contributed by atoms with Crippen molar-refractivity contribution in [3.63, 3.8) is 0 Å². The van der Waals surface area contributed by atoms with Crippen LogP contribution in [-0.2, 0) is 14.3 Å². The maximum Gasteiger partial charge on any atom is 0.240 e. The minimum atomic E-state index is -0.750. The quantitative estimate of drug-likeness (QED) is 0.276. The largest absolute Gasteiger partial charge is 0.493 e. The Balaban J connectivity index is 1.16. The van der Waals surface area contributed by atoms with Crippen LogP contribution in [0.25, 0.3) is 21.9 Å². The van der Waals surface area contributed by atoms with E-state index in [0.717, 1.165) is 34.1 Å². The number of hydrogen-bond donors (Lipinski definition) is 0. The molecule has 6 nitrogen and oxygen atoms in total. The van der Waals surface area contributed by atoms with E-state index in [0.29, 0.717) is 30.7 Å².